The summed E-state index contributed by atoms with van der Waals surface area (Å²) in [7, 11) is 0. The number of aryl methyl sites for hydroxylation is 2. The number of amides is 1. The zero-order chi connectivity index (χ0) is 25.6. The normalized spacial score (nSPS) is 11.6. The lowest BCUT2D eigenvalue weighted by molar-refractivity contribution is 0.0943. The minimum absolute atomic E-state index is 0.108. The number of nitrogens with one attached hydrogen (secondary N) is 2. The summed E-state index contributed by atoms with van der Waals surface area (Å²) >= 11 is 6.24. The third kappa shape index (κ3) is 4.15. The average Bonchev–Trinajstić information content (AvgIpc) is 3.43. The molecule has 0 aliphatic carbocycles. The molecule has 0 saturated heterocycles. The van der Waals surface area contributed by atoms with E-state index in [1.807, 2.05) is 52.0 Å². The highest BCUT2D eigenvalue weighted by molar-refractivity contribution is 6.31. The number of hydrogen-bond acceptors (Lipinski definition) is 5. The van der Waals surface area contributed by atoms with Crippen molar-refractivity contribution < 1.29 is 4.79 Å². The van der Waals surface area contributed by atoms with Crippen molar-refractivity contribution >= 4 is 33.9 Å². The molecule has 0 unspecified atom stereocenters. The molecule has 36 heavy (non-hydrogen) atoms. The van der Waals surface area contributed by atoms with E-state index in [4.69, 9.17) is 11.6 Å². The van der Waals surface area contributed by atoms with Crippen LogP contribution in [0.25, 0.3) is 27.7 Å². The molecule has 10 heteroatoms. The zero-order valence-electron chi connectivity index (χ0n) is 20.5. The fourth-order valence-electron chi connectivity index (χ4n) is 4.38. The molecule has 0 aliphatic heterocycles. The molecule has 1 aromatic carbocycles. The van der Waals surface area contributed by atoms with E-state index in [1.54, 1.807) is 23.3 Å². The van der Waals surface area contributed by atoms with Gasteiger partial charge in [-0.05, 0) is 37.5 Å². The molecule has 4 aromatic heterocycles. The van der Waals surface area contributed by atoms with Gasteiger partial charge < -0.3 is 10.3 Å². The lowest BCUT2D eigenvalue weighted by Gasteiger charge is -2.08. The maximum Gasteiger partial charge on any atom is 0.274 e. The molecule has 0 radical (unpaired) electrons. The number of benzene rings is 1. The highest BCUT2D eigenvalue weighted by atomic mass is 35.5. The molecule has 5 aromatic rings. The Morgan fingerprint density at radius 3 is 2.75 bits per heavy atom. The fourth-order valence-corrected chi connectivity index (χ4v) is 4.59. The Morgan fingerprint density at radius 1 is 1.22 bits per heavy atom. The SMILES string of the molecule is CCn1cc(Cl)c(CNC(=O)c2nn3cc(-c4cnc5cccc(C)c5c4)[nH]c(=O)c3c2C(C)C)n1. The van der Waals surface area contributed by atoms with Crippen molar-refractivity contribution in [3.05, 3.63) is 80.7 Å². The predicted octanol–water partition coefficient (Wildman–Crippen LogP) is 4.47. The maximum absolute atomic E-state index is 13.2. The van der Waals surface area contributed by atoms with Gasteiger partial charge in [0, 0.05) is 35.5 Å². The van der Waals surface area contributed by atoms with Gasteiger partial charge in [-0.25, -0.2) is 4.52 Å². The standard InChI is InChI=1S/C26H26ClN7O2/c1-5-33-12-18(27)20(31-33)11-29-25(35)23-22(14(2)3)24-26(36)30-21(13-34(24)32-23)16-9-17-15(4)7-6-8-19(17)28-10-16/h6-10,12-14H,5,11H2,1-4H3,(H,29,35)(H,30,36). The smallest absolute Gasteiger partial charge is 0.274 e. The first kappa shape index (κ1) is 23.7. The second-order valence-corrected chi connectivity index (χ2v) is 9.44. The average molecular weight is 504 g/mol. The molecule has 0 aliphatic rings. The minimum Gasteiger partial charge on any atom is -0.345 e. The Bertz CT molecular complexity index is 1680. The maximum atomic E-state index is 13.2. The van der Waals surface area contributed by atoms with Crippen LogP contribution < -0.4 is 10.9 Å². The summed E-state index contributed by atoms with van der Waals surface area (Å²) in [5.74, 6) is -0.503. The van der Waals surface area contributed by atoms with Crippen LogP contribution >= 0.6 is 11.6 Å². The molecule has 0 atom stereocenters. The number of aromatic amines is 1. The lowest BCUT2D eigenvalue weighted by atomic mass is 10.0. The first-order chi connectivity index (χ1) is 17.3. The van der Waals surface area contributed by atoms with Gasteiger partial charge in [-0.15, -0.1) is 0 Å². The van der Waals surface area contributed by atoms with Crippen molar-refractivity contribution in [3.8, 4) is 11.3 Å². The third-order valence-electron chi connectivity index (χ3n) is 6.24. The van der Waals surface area contributed by atoms with Gasteiger partial charge in [0.15, 0.2) is 5.69 Å². The van der Waals surface area contributed by atoms with Gasteiger partial charge >= 0.3 is 0 Å². The Balaban J connectivity index is 1.54. The number of nitrogens with zero attached hydrogens (tertiary/aromatic N) is 5. The number of carbonyl (C=O) groups is 1. The van der Waals surface area contributed by atoms with E-state index in [-0.39, 0.29) is 23.7 Å². The van der Waals surface area contributed by atoms with E-state index in [9.17, 15) is 9.59 Å². The van der Waals surface area contributed by atoms with E-state index in [0.717, 1.165) is 22.0 Å². The second kappa shape index (κ2) is 9.23. The number of carbonyl (C=O) groups excluding carboxylic acids is 1. The molecular formula is C26H26ClN7O2. The lowest BCUT2D eigenvalue weighted by Crippen LogP contribution is -2.25. The van der Waals surface area contributed by atoms with Crippen molar-refractivity contribution in [2.24, 2.45) is 0 Å². The predicted molar refractivity (Wildman–Crippen MR) is 139 cm³/mol. The number of hydrogen-bond donors (Lipinski definition) is 2. The molecule has 0 spiro atoms. The van der Waals surface area contributed by atoms with Crippen molar-refractivity contribution in [2.45, 2.75) is 46.7 Å². The zero-order valence-corrected chi connectivity index (χ0v) is 21.2. The summed E-state index contributed by atoms with van der Waals surface area (Å²) in [6.45, 7) is 8.66. The number of halogens is 1. The quantitative estimate of drug-likeness (QED) is 0.355. The van der Waals surface area contributed by atoms with E-state index in [1.165, 1.54) is 4.52 Å². The molecule has 0 bridgehead atoms. The molecule has 4 heterocycles. The fraction of sp³-hybridized carbons (Fsp3) is 0.269. The minimum atomic E-state index is -0.395. The molecule has 184 valence electrons. The van der Waals surface area contributed by atoms with Crippen molar-refractivity contribution in [2.75, 3.05) is 0 Å². The Labute approximate surface area is 212 Å². The Kier molecular flexibility index (Phi) is 6.09. The monoisotopic (exact) mass is 503 g/mol. The van der Waals surface area contributed by atoms with E-state index in [2.05, 4.69) is 25.5 Å². The number of fused-ring (bicyclic) bond motifs is 2. The van der Waals surface area contributed by atoms with Crippen molar-refractivity contribution in [1.82, 2.24) is 34.7 Å². The summed E-state index contributed by atoms with van der Waals surface area (Å²) in [6, 6.07) is 7.93. The van der Waals surface area contributed by atoms with Crippen LogP contribution in [-0.4, -0.2) is 35.3 Å². The van der Waals surface area contributed by atoms with Crippen LogP contribution in [0.3, 0.4) is 0 Å². The summed E-state index contributed by atoms with van der Waals surface area (Å²) in [5.41, 5.74) is 4.66. The Morgan fingerprint density at radius 2 is 2.03 bits per heavy atom. The van der Waals surface area contributed by atoms with E-state index < -0.39 is 5.91 Å². The van der Waals surface area contributed by atoms with Gasteiger partial charge in [-0.1, -0.05) is 37.6 Å². The van der Waals surface area contributed by atoms with E-state index in [0.29, 0.717) is 34.0 Å². The summed E-state index contributed by atoms with van der Waals surface area (Å²) in [4.78, 5) is 33.9. The Hall–Kier alpha value is -3.98. The van der Waals surface area contributed by atoms with Gasteiger partial charge in [0.2, 0.25) is 0 Å². The van der Waals surface area contributed by atoms with Crippen LogP contribution in [0.5, 0.6) is 0 Å². The van der Waals surface area contributed by atoms with Gasteiger partial charge in [0.1, 0.15) is 11.2 Å². The summed E-state index contributed by atoms with van der Waals surface area (Å²) in [5, 5.41) is 13.2. The number of pyridine rings is 1. The molecule has 9 nitrogen and oxygen atoms in total. The van der Waals surface area contributed by atoms with Crippen molar-refractivity contribution in [3.63, 3.8) is 0 Å². The first-order valence-electron chi connectivity index (χ1n) is 11.8. The molecule has 5 rings (SSSR count). The van der Waals surface area contributed by atoms with Gasteiger partial charge in [0.25, 0.3) is 11.5 Å². The van der Waals surface area contributed by atoms with Gasteiger partial charge in [0.05, 0.1) is 29.0 Å². The van der Waals surface area contributed by atoms with Crippen LogP contribution in [-0.2, 0) is 13.1 Å². The third-order valence-corrected chi connectivity index (χ3v) is 6.55. The van der Waals surface area contributed by atoms with Crippen LogP contribution in [0.2, 0.25) is 5.02 Å². The topological polar surface area (TPSA) is 110 Å². The van der Waals surface area contributed by atoms with Crippen LogP contribution in [0, 0.1) is 6.92 Å². The van der Waals surface area contributed by atoms with Gasteiger partial charge in [-0.2, -0.15) is 10.2 Å². The van der Waals surface area contributed by atoms with Crippen molar-refractivity contribution in [1.29, 1.82) is 0 Å². The van der Waals surface area contributed by atoms with Crippen LogP contribution in [0.4, 0.5) is 0 Å². The van der Waals surface area contributed by atoms with Crippen LogP contribution in [0.15, 0.2) is 47.7 Å². The molecule has 0 fully saturated rings. The highest BCUT2D eigenvalue weighted by Crippen LogP contribution is 2.26. The molecule has 2 N–H and O–H groups in total. The largest absolute Gasteiger partial charge is 0.345 e. The number of H-pyrrole nitrogens is 1. The van der Waals surface area contributed by atoms with Gasteiger partial charge in [-0.3, -0.25) is 19.3 Å². The summed E-state index contributed by atoms with van der Waals surface area (Å²) < 4.78 is 3.19. The van der Waals surface area contributed by atoms with Crippen LogP contribution in [0.1, 0.15) is 54.0 Å². The first-order valence-corrected chi connectivity index (χ1v) is 12.2. The highest BCUT2D eigenvalue weighted by Gasteiger charge is 2.24. The molecular weight excluding hydrogens is 478 g/mol. The second-order valence-electron chi connectivity index (χ2n) is 9.03. The molecule has 1 amide bonds. The number of rotatable bonds is 6. The summed E-state index contributed by atoms with van der Waals surface area (Å²) in [6.07, 6.45) is 5.16. The van der Waals surface area contributed by atoms with E-state index >= 15 is 0 Å². The number of aromatic nitrogens is 6. The molecule has 0 saturated carbocycles.